The molecule has 0 saturated carbocycles. The highest BCUT2D eigenvalue weighted by molar-refractivity contribution is 7.26. The Bertz CT molecular complexity index is 2480. The molecule has 0 radical (unpaired) electrons. The first kappa shape index (κ1) is 23.6. The van der Waals surface area contributed by atoms with Crippen molar-refractivity contribution in [1.82, 2.24) is 19.9 Å². The van der Waals surface area contributed by atoms with Gasteiger partial charge in [0.05, 0.1) is 10.2 Å². The number of rotatable bonds is 3. The van der Waals surface area contributed by atoms with Gasteiger partial charge in [-0.1, -0.05) is 91.0 Å². The second kappa shape index (κ2) is 9.24. The zero-order chi connectivity index (χ0) is 27.6. The van der Waals surface area contributed by atoms with E-state index in [0.29, 0.717) is 17.5 Å². The molecule has 0 bridgehead atoms. The SMILES string of the molecule is c1ccc(-c2nc(-c3cccc4sc5ccccc5c34)nc(-c3cccc4ccc5c6ncccc6sc5c34)n2)cc1. The molecule has 0 aliphatic heterocycles. The molecule has 4 aromatic heterocycles. The van der Waals surface area contributed by atoms with E-state index < -0.39 is 0 Å². The molecule has 0 N–H and O–H groups in total. The number of benzene rings is 5. The number of thiophene rings is 2. The third-order valence-corrected chi connectivity index (χ3v) is 10.1. The molecule has 9 rings (SSSR count). The minimum Gasteiger partial charge on any atom is -0.255 e. The van der Waals surface area contributed by atoms with Crippen LogP contribution in [0.3, 0.4) is 0 Å². The first-order valence-corrected chi connectivity index (χ1v) is 15.4. The van der Waals surface area contributed by atoms with Gasteiger partial charge in [-0.15, -0.1) is 22.7 Å². The van der Waals surface area contributed by atoms with Crippen LogP contribution in [0.5, 0.6) is 0 Å². The van der Waals surface area contributed by atoms with Crippen LogP contribution < -0.4 is 0 Å². The molecular weight excluding hydrogens is 553 g/mol. The quantitative estimate of drug-likeness (QED) is 0.211. The van der Waals surface area contributed by atoms with Crippen molar-refractivity contribution in [3.63, 3.8) is 0 Å². The summed E-state index contributed by atoms with van der Waals surface area (Å²) in [5.74, 6) is 2.00. The molecule has 4 nitrogen and oxygen atoms in total. The van der Waals surface area contributed by atoms with Crippen LogP contribution in [-0.2, 0) is 0 Å². The van der Waals surface area contributed by atoms with Crippen LogP contribution >= 0.6 is 22.7 Å². The lowest BCUT2D eigenvalue weighted by molar-refractivity contribution is 1.08. The molecule has 0 unspecified atom stereocenters. The summed E-state index contributed by atoms with van der Waals surface area (Å²) in [5, 5.41) is 5.86. The maximum atomic E-state index is 5.22. The van der Waals surface area contributed by atoms with E-state index in [1.807, 2.05) is 30.5 Å². The number of hydrogen-bond donors (Lipinski definition) is 0. The first-order chi connectivity index (χ1) is 20.8. The molecule has 0 atom stereocenters. The van der Waals surface area contributed by atoms with Crippen molar-refractivity contribution in [2.24, 2.45) is 0 Å². The van der Waals surface area contributed by atoms with Gasteiger partial charge in [-0.2, -0.15) is 0 Å². The molecule has 0 saturated heterocycles. The number of fused-ring (bicyclic) bond motifs is 8. The van der Waals surface area contributed by atoms with Gasteiger partial charge in [0.2, 0.25) is 0 Å². The van der Waals surface area contributed by atoms with E-state index in [9.17, 15) is 0 Å². The summed E-state index contributed by atoms with van der Waals surface area (Å²) in [5.41, 5.74) is 4.00. The largest absolute Gasteiger partial charge is 0.255 e. The van der Waals surface area contributed by atoms with Gasteiger partial charge in [-0.3, -0.25) is 4.98 Å². The summed E-state index contributed by atoms with van der Waals surface area (Å²) in [4.78, 5) is 20.1. The molecule has 0 fully saturated rings. The fourth-order valence-corrected chi connectivity index (χ4v) is 8.27. The molecule has 4 heterocycles. The van der Waals surface area contributed by atoms with Gasteiger partial charge in [0.1, 0.15) is 0 Å². The first-order valence-electron chi connectivity index (χ1n) is 13.7. The van der Waals surface area contributed by atoms with Gasteiger partial charge < -0.3 is 0 Å². The second-order valence-electron chi connectivity index (χ2n) is 10.2. The van der Waals surface area contributed by atoms with E-state index in [1.165, 1.54) is 29.6 Å². The fraction of sp³-hybridized carbons (Fsp3) is 0. The normalized spacial score (nSPS) is 11.8. The van der Waals surface area contributed by atoms with Crippen molar-refractivity contribution in [3.8, 4) is 34.2 Å². The highest BCUT2D eigenvalue weighted by atomic mass is 32.1. The van der Waals surface area contributed by atoms with E-state index in [-0.39, 0.29) is 0 Å². The Morgan fingerprint density at radius 3 is 2.05 bits per heavy atom. The van der Waals surface area contributed by atoms with Crippen molar-refractivity contribution in [2.45, 2.75) is 0 Å². The average Bonchev–Trinajstić information content (AvgIpc) is 3.63. The number of aromatic nitrogens is 4. The Morgan fingerprint density at radius 1 is 0.452 bits per heavy atom. The van der Waals surface area contributed by atoms with Crippen molar-refractivity contribution in [1.29, 1.82) is 0 Å². The number of pyridine rings is 1. The Morgan fingerprint density at radius 2 is 1.17 bits per heavy atom. The molecule has 0 amide bonds. The van der Waals surface area contributed by atoms with E-state index >= 15 is 0 Å². The van der Waals surface area contributed by atoms with Crippen molar-refractivity contribution in [3.05, 3.63) is 121 Å². The standard InChI is InChI=1S/C36H20N4S2/c1-2-9-22(10-3-1)34-38-35(40-36(39-34)25-14-7-16-28-31(25)23-12-4-5-15-27(23)41-28)24-13-6-11-21-18-19-26-32-29(17-8-20-37-32)42-33(26)30(21)24/h1-20H. The van der Waals surface area contributed by atoms with E-state index in [4.69, 9.17) is 19.9 Å². The highest BCUT2D eigenvalue weighted by Gasteiger charge is 2.19. The van der Waals surface area contributed by atoms with E-state index in [2.05, 4.69) is 91.0 Å². The number of hydrogen-bond acceptors (Lipinski definition) is 6. The zero-order valence-corrected chi connectivity index (χ0v) is 23.8. The zero-order valence-electron chi connectivity index (χ0n) is 22.2. The summed E-state index contributed by atoms with van der Waals surface area (Å²) < 4.78 is 4.85. The van der Waals surface area contributed by atoms with Gasteiger partial charge in [-0.05, 0) is 29.7 Å². The molecule has 196 valence electrons. The summed E-state index contributed by atoms with van der Waals surface area (Å²) in [6.45, 7) is 0. The maximum Gasteiger partial charge on any atom is 0.164 e. The smallest absolute Gasteiger partial charge is 0.164 e. The monoisotopic (exact) mass is 572 g/mol. The van der Waals surface area contributed by atoms with Gasteiger partial charge in [0.25, 0.3) is 0 Å². The lowest BCUT2D eigenvalue weighted by Crippen LogP contribution is -2.00. The van der Waals surface area contributed by atoms with Gasteiger partial charge in [0.15, 0.2) is 17.5 Å². The Hall–Kier alpha value is -5.04. The third-order valence-electron chi connectivity index (χ3n) is 7.79. The predicted molar refractivity (Wildman–Crippen MR) is 177 cm³/mol. The van der Waals surface area contributed by atoms with Crippen molar-refractivity contribution >= 4 is 73.9 Å². The molecule has 0 spiro atoms. The van der Waals surface area contributed by atoms with Crippen LogP contribution in [0.25, 0.3) is 85.4 Å². The topological polar surface area (TPSA) is 51.6 Å². The van der Waals surface area contributed by atoms with Gasteiger partial charge in [0, 0.05) is 58.5 Å². The molecule has 0 aliphatic rings. The predicted octanol–water partition coefficient (Wildman–Crippen LogP) is 10.2. The second-order valence-corrected chi connectivity index (χ2v) is 12.4. The Kier molecular flexibility index (Phi) is 5.20. The third kappa shape index (κ3) is 3.59. The van der Waals surface area contributed by atoms with Crippen LogP contribution in [0.4, 0.5) is 0 Å². The van der Waals surface area contributed by atoms with Crippen LogP contribution in [-0.4, -0.2) is 19.9 Å². The van der Waals surface area contributed by atoms with Crippen molar-refractivity contribution in [2.75, 3.05) is 0 Å². The molecule has 6 heteroatoms. The minimum absolute atomic E-state index is 0.661. The van der Waals surface area contributed by atoms with Crippen LogP contribution in [0.1, 0.15) is 0 Å². The number of nitrogens with zero attached hydrogens (tertiary/aromatic N) is 4. The molecule has 9 aromatic rings. The summed E-state index contributed by atoms with van der Waals surface area (Å²) in [7, 11) is 0. The maximum absolute atomic E-state index is 5.22. The van der Waals surface area contributed by atoms with E-state index in [0.717, 1.165) is 38.4 Å². The van der Waals surface area contributed by atoms with E-state index in [1.54, 1.807) is 22.7 Å². The summed E-state index contributed by atoms with van der Waals surface area (Å²) in [6.07, 6.45) is 1.86. The molecule has 0 aliphatic carbocycles. The van der Waals surface area contributed by atoms with Crippen LogP contribution in [0.15, 0.2) is 121 Å². The van der Waals surface area contributed by atoms with Crippen molar-refractivity contribution < 1.29 is 0 Å². The lowest BCUT2D eigenvalue weighted by atomic mass is 10.0. The summed E-state index contributed by atoms with van der Waals surface area (Å²) in [6, 6.07) is 40.0. The van der Waals surface area contributed by atoms with Gasteiger partial charge >= 0.3 is 0 Å². The molecular formula is C36H20N4S2. The molecule has 42 heavy (non-hydrogen) atoms. The summed E-state index contributed by atoms with van der Waals surface area (Å²) >= 11 is 3.57. The molecule has 5 aromatic carbocycles. The Labute approximate surface area is 248 Å². The minimum atomic E-state index is 0.661. The fourth-order valence-electron chi connectivity index (χ4n) is 5.90. The lowest BCUT2D eigenvalue weighted by Gasteiger charge is -2.11. The van der Waals surface area contributed by atoms with Gasteiger partial charge in [-0.25, -0.2) is 15.0 Å². The van der Waals surface area contributed by atoms with Crippen LogP contribution in [0.2, 0.25) is 0 Å². The highest BCUT2D eigenvalue weighted by Crippen LogP contribution is 2.42. The average molecular weight is 573 g/mol. The van der Waals surface area contributed by atoms with Crippen LogP contribution in [0, 0.1) is 0 Å². The Balaban J connectivity index is 1.38.